The van der Waals surface area contributed by atoms with E-state index in [2.05, 4.69) is 102 Å². The summed E-state index contributed by atoms with van der Waals surface area (Å²) in [6.45, 7) is 0. The quantitative estimate of drug-likeness (QED) is 0.279. The molecule has 34 heavy (non-hydrogen) atoms. The number of nitrogens with zero attached hydrogens (tertiary/aromatic N) is 2. The van der Waals surface area contributed by atoms with E-state index in [-0.39, 0.29) is 0 Å². The molecule has 3 heteroatoms. The highest BCUT2D eigenvalue weighted by Crippen LogP contribution is 2.38. The first-order valence-electron chi connectivity index (χ1n) is 11.4. The summed E-state index contributed by atoms with van der Waals surface area (Å²) in [5.74, 6) is 0. The van der Waals surface area contributed by atoms with Gasteiger partial charge in [0.1, 0.15) is 5.58 Å². The average molecular weight is 437 g/mol. The third-order valence-corrected chi connectivity index (χ3v) is 6.46. The lowest BCUT2D eigenvalue weighted by atomic mass is 10.1. The van der Waals surface area contributed by atoms with Gasteiger partial charge in [-0.2, -0.15) is 0 Å². The van der Waals surface area contributed by atoms with Gasteiger partial charge in [0.2, 0.25) is 0 Å². The van der Waals surface area contributed by atoms with Gasteiger partial charge in [-0.05, 0) is 36.4 Å². The number of pyridine rings is 1. The van der Waals surface area contributed by atoms with Crippen molar-refractivity contribution >= 4 is 32.8 Å². The molecule has 3 heterocycles. The third-order valence-electron chi connectivity index (χ3n) is 6.46. The SMILES string of the molecule is c1ccc(-c2cc(-n3c4ccccc4c4c5occc5ccc43)cc(-c3ccccc3)n2)cc1. The molecule has 3 nitrogen and oxygen atoms in total. The Kier molecular flexibility index (Phi) is 4.15. The molecular weight excluding hydrogens is 416 g/mol. The maximum absolute atomic E-state index is 5.95. The zero-order valence-corrected chi connectivity index (χ0v) is 18.3. The van der Waals surface area contributed by atoms with Crippen molar-refractivity contribution in [1.29, 1.82) is 0 Å². The normalized spacial score (nSPS) is 11.5. The number of rotatable bonds is 3. The lowest BCUT2D eigenvalue weighted by Crippen LogP contribution is -1.98. The van der Waals surface area contributed by atoms with Crippen LogP contribution in [0, 0.1) is 0 Å². The Balaban J connectivity index is 1.59. The summed E-state index contributed by atoms with van der Waals surface area (Å²) >= 11 is 0. The van der Waals surface area contributed by atoms with Gasteiger partial charge in [0.05, 0.1) is 39.8 Å². The van der Waals surface area contributed by atoms with Crippen LogP contribution < -0.4 is 0 Å². The average Bonchev–Trinajstić information content (AvgIpc) is 3.52. The van der Waals surface area contributed by atoms with Crippen molar-refractivity contribution in [2.45, 2.75) is 0 Å². The van der Waals surface area contributed by atoms with Crippen LogP contribution in [-0.2, 0) is 0 Å². The molecule has 0 fully saturated rings. The molecule has 0 aliphatic heterocycles. The van der Waals surface area contributed by atoms with Crippen molar-refractivity contribution in [3.63, 3.8) is 0 Å². The molecule has 0 unspecified atom stereocenters. The predicted octanol–water partition coefficient (Wildman–Crippen LogP) is 8.26. The van der Waals surface area contributed by atoms with Crippen LogP contribution in [0.5, 0.6) is 0 Å². The number of hydrogen-bond donors (Lipinski definition) is 0. The molecule has 3 aromatic heterocycles. The van der Waals surface area contributed by atoms with Crippen molar-refractivity contribution in [2.75, 3.05) is 0 Å². The van der Waals surface area contributed by atoms with E-state index in [1.54, 1.807) is 6.26 Å². The van der Waals surface area contributed by atoms with Crippen molar-refractivity contribution < 1.29 is 4.42 Å². The Morgan fingerprint density at radius 1 is 0.588 bits per heavy atom. The lowest BCUT2D eigenvalue weighted by Gasteiger charge is -2.13. The fourth-order valence-corrected chi connectivity index (χ4v) is 4.92. The predicted molar refractivity (Wildman–Crippen MR) is 139 cm³/mol. The summed E-state index contributed by atoms with van der Waals surface area (Å²) < 4.78 is 8.28. The first kappa shape index (κ1) is 18.9. The smallest absolute Gasteiger partial charge is 0.143 e. The third kappa shape index (κ3) is 2.87. The topological polar surface area (TPSA) is 31.0 Å². The molecule has 0 spiro atoms. The Morgan fingerprint density at radius 2 is 1.24 bits per heavy atom. The number of aromatic nitrogens is 2. The first-order chi connectivity index (χ1) is 16.9. The molecule has 0 radical (unpaired) electrons. The maximum atomic E-state index is 5.95. The first-order valence-corrected chi connectivity index (χ1v) is 11.4. The van der Waals surface area contributed by atoms with E-state index < -0.39 is 0 Å². The van der Waals surface area contributed by atoms with Crippen LogP contribution in [0.25, 0.3) is 61.0 Å². The molecule has 4 aromatic carbocycles. The second-order valence-corrected chi connectivity index (χ2v) is 8.48. The second-order valence-electron chi connectivity index (χ2n) is 8.48. The van der Waals surface area contributed by atoms with Gasteiger partial charge >= 0.3 is 0 Å². The van der Waals surface area contributed by atoms with Crippen molar-refractivity contribution in [3.8, 4) is 28.2 Å². The van der Waals surface area contributed by atoms with Crippen LogP contribution in [0.1, 0.15) is 0 Å². The number of hydrogen-bond acceptors (Lipinski definition) is 2. The van der Waals surface area contributed by atoms with Crippen LogP contribution in [0.2, 0.25) is 0 Å². The molecule has 0 saturated heterocycles. The molecule has 0 amide bonds. The van der Waals surface area contributed by atoms with Gasteiger partial charge in [-0.25, -0.2) is 4.98 Å². The van der Waals surface area contributed by atoms with Crippen LogP contribution in [-0.4, -0.2) is 9.55 Å². The Bertz CT molecular complexity index is 1740. The fourth-order valence-electron chi connectivity index (χ4n) is 4.92. The molecule has 0 atom stereocenters. The summed E-state index contributed by atoms with van der Waals surface area (Å²) in [6.07, 6.45) is 1.77. The lowest BCUT2D eigenvalue weighted by molar-refractivity contribution is 0.619. The summed E-state index contributed by atoms with van der Waals surface area (Å²) in [4.78, 5) is 5.05. The minimum atomic E-state index is 0.924. The van der Waals surface area contributed by atoms with E-state index in [4.69, 9.17) is 9.40 Å². The highest BCUT2D eigenvalue weighted by molar-refractivity contribution is 6.19. The van der Waals surface area contributed by atoms with E-state index in [0.717, 1.165) is 55.6 Å². The summed E-state index contributed by atoms with van der Waals surface area (Å²) in [5.41, 5.74) is 8.34. The van der Waals surface area contributed by atoms with Crippen molar-refractivity contribution in [3.05, 3.63) is 122 Å². The molecule has 0 aliphatic carbocycles. The Hall–Kier alpha value is -4.63. The van der Waals surface area contributed by atoms with E-state index >= 15 is 0 Å². The molecular formula is C31H20N2O. The molecule has 0 bridgehead atoms. The molecule has 0 N–H and O–H groups in total. The molecule has 0 saturated carbocycles. The van der Waals surface area contributed by atoms with Crippen molar-refractivity contribution in [1.82, 2.24) is 9.55 Å². The highest BCUT2D eigenvalue weighted by Gasteiger charge is 2.17. The summed E-state index contributed by atoms with van der Waals surface area (Å²) in [6, 6.07) is 40.0. The minimum absolute atomic E-state index is 0.924. The van der Waals surface area contributed by atoms with Crippen LogP contribution in [0.4, 0.5) is 0 Å². The van der Waals surface area contributed by atoms with Gasteiger partial charge in [0.15, 0.2) is 0 Å². The fraction of sp³-hybridized carbons (Fsp3) is 0. The van der Waals surface area contributed by atoms with E-state index in [9.17, 15) is 0 Å². The second kappa shape index (κ2) is 7.46. The van der Waals surface area contributed by atoms with Crippen LogP contribution in [0.15, 0.2) is 126 Å². The summed E-state index contributed by atoms with van der Waals surface area (Å²) in [7, 11) is 0. The molecule has 7 aromatic rings. The number of fused-ring (bicyclic) bond motifs is 5. The van der Waals surface area contributed by atoms with E-state index in [1.165, 1.54) is 5.39 Å². The van der Waals surface area contributed by atoms with Gasteiger partial charge in [-0.3, -0.25) is 0 Å². The van der Waals surface area contributed by atoms with Crippen LogP contribution in [0.3, 0.4) is 0 Å². The van der Waals surface area contributed by atoms with E-state index in [0.29, 0.717) is 0 Å². The zero-order chi connectivity index (χ0) is 22.5. The largest absolute Gasteiger partial charge is 0.464 e. The number of benzene rings is 4. The van der Waals surface area contributed by atoms with Gasteiger partial charge in [0, 0.05) is 21.9 Å². The summed E-state index contributed by atoms with van der Waals surface area (Å²) in [5, 5.41) is 3.43. The van der Waals surface area contributed by atoms with Gasteiger partial charge in [-0.1, -0.05) is 78.9 Å². The molecule has 0 aliphatic rings. The van der Waals surface area contributed by atoms with Gasteiger partial charge in [0.25, 0.3) is 0 Å². The maximum Gasteiger partial charge on any atom is 0.143 e. The Labute approximate surface area is 196 Å². The number of furan rings is 1. The zero-order valence-electron chi connectivity index (χ0n) is 18.3. The van der Waals surface area contributed by atoms with Gasteiger partial charge in [-0.15, -0.1) is 0 Å². The van der Waals surface area contributed by atoms with Crippen molar-refractivity contribution in [2.24, 2.45) is 0 Å². The highest BCUT2D eigenvalue weighted by atomic mass is 16.3. The van der Waals surface area contributed by atoms with Crippen LogP contribution >= 0.6 is 0 Å². The molecule has 160 valence electrons. The molecule has 7 rings (SSSR count). The minimum Gasteiger partial charge on any atom is -0.464 e. The number of para-hydroxylation sites is 1. The van der Waals surface area contributed by atoms with E-state index in [1.807, 2.05) is 18.2 Å². The monoisotopic (exact) mass is 436 g/mol. The Morgan fingerprint density at radius 3 is 1.94 bits per heavy atom. The van der Waals surface area contributed by atoms with Gasteiger partial charge < -0.3 is 8.98 Å². The standard InChI is InChI=1S/C31H20N2O/c1-3-9-21(10-4-1)26-19-24(20-27(32-26)22-11-5-2-6-12-22)33-28-14-8-7-13-25(28)30-29(33)16-15-23-17-18-34-31(23)30/h1-20H.